The molecule has 0 radical (unpaired) electrons. The van der Waals surface area contributed by atoms with Gasteiger partial charge < -0.3 is 0 Å². The molecule has 1 heterocycles. The number of nitrogens with zero attached hydrogens (tertiary/aromatic N) is 3. The fourth-order valence-corrected chi connectivity index (χ4v) is 3.25. The van der Waals surface area contributed by atoms with Crippen LogP contribution in [0.5, 0.6) is 0 Å². The number of sulfonamides is 1. The maximum Gasteiger partial charge on any atom is 0.273 e. The molecule has 1 saturated carbocycles. The summed E-state index contributed by atoms with van der Waals surface area (Å²) < 4.78 is 24.7. The molecule has 20 heavy (non-hydrogen) atoms. The molecule has 106 valence electrons. The average molecular weight is 333 g/mol. The zero-order chi connectivity index (χ0) is 14.5. The van der Waals surface area contributed by atoms with Gasteiger partial charge in [-0.3, -0.25) is 4.57 Å². The van der Waals surface area contributed by atoms with Crippen LogP contribution in [-0.4, -0.2) is 23.2 Å². The van der Waals surface area contributed by atoms with E-state index in [1.165, 1.54) is 4.57 Å². The van der Waals surface area contributed by atoms with Crippen LogP contribution in [-0.2, 0) is 10.0 Å². The van der Waals surface area contributed by atoms with Crippen LogP contribution in [0.3, 0.4) is 0 Å². The van der Waals surface area contributed by atoms with Crippen LogP contribution < -0.4 is 5.14 Å². The highest BCUT2D eigenvalue weighted by molar-refractivity contribution is 7.89. The van der Waals surface area contributed by atoms with Gasteiger partial charge in [0.15, 0.2) is 5.82 Å². The minimum atomic E-state index is -3.95. The zero-order valence-corrected chi connectivity index (χ0v) is 12.5. The van der Waals surface area contributed by atoms with Crippen molar-refractivity contribution in [1.82, 2.24) is 14.8 Å². The maximum atomic E-state index is 11.6. The molecule has 6 nitrogen and oxygen atoms in total. The summed E-state index contributed by atoms with van der Waals surface area (Å²) in [7, 11) is -3.95. The molecule has 0 atom stereocenters. The normalized spacial score (nSPS) is 15.6. The van der Waals surface area contributed by atoms with E-state index in [0.717, 1.165) is 12.8 Å². The molecular weight excluding hydrogens is 323 g/mol. The van der Waals surface area contributed by atoms with E-state index < -0.39 is 10.0 Å². The average Bonchev–Trinajstić information content (AvgIpc) is 3.08. The SMILES string of the molecule is NS(=O)(=O)c1nnc(-c2c(Cl)cccc2Cl)n1C1CC1. The minimum absolute atomic E-state index is 0.0145. The highest BCUT2D eigenvalue weighted by Gasteiger charge is 2.34. The molecule has 1 aromatic carbocycles. The second-order valence-corrected chi connectivity index (χ2v) is 6.82. The maximum absolute atomic E-state index is 11.6. The van der Waals surface area contributed by atoms with E-state index >= 15 is 0 Å². The zero-order valence-electron chi connectivity index (χ0n) is 10.1. The standard InChI is InChI=1S/C11H10Cl2N4O2S/c12-7-2-1-3-8(13)9(7)10-15-16-11(20(14,18)19)17(10)6-4-5-6/h1-3,6H,4-5H2,(H2,14,18,19). The number of primary sulfonamides is 1. The van der Waals surface area contributed by atoms with Crippen LogP contribution in [0.15, 0.2) is 23.4 Å². The van der Waals surface area contributed by atoms with Gasteiger partial charge in [-0.2, -0.15) is 0 Å². The molecule has 1 aliphatic rings. The lowest BCUT2D eigenvalue weighted by molar-refractivity contribution is 0.567. The number of rotatable bonds is 3. The molecule has 1 aromatic heterocycles. The third-order valence-electron chi connectivity index (χ3n) is 3.02. The highest BCUT2D eigenvalue weighted by atomic mass is 35.5. The lowest BCUT2D eigenvalue weighted by Gasteiger charge is -2.10. The van der Waals surface area contributed by atoms with Crippen LogP contribution in [0.2, 0.25) is 10.0 Å². The Morgan fingerprint density at radius 2 is 1.80 bits per heavy atom. The number of benzene rings is 1. The van der Waals surface area contributed by atoms with Crippen molar-refractivity contribution in [1.29, 1.82) is 0 Å². The molecule has 0 amide bonds. The van der Waals surface area contributed by atoms with Crippen molar-refractivity contribution < 1.29 is 8.42 Å². The van der Waals surface area contributed by atoms with Crippen molar-refractivity contribution in [2.24, 2.45) is 5.14 Å². The Hall–Kier alpha value is -1.15. The molecule has 0 aliphatic heterocycles. The van der Waals surface area contributed by atoms with Crippen molar-refractivity contribution in [2.45, 2.75) is 24.0 Å². The third kappa shape index (κ3) is 2.31. The molecule has 9 heteroatoms. The van der Waals surface area contributed by atoms with Gasteiger partial charge in [0, 0.05) is 6.04 Å². The first-order valence-corrected chi connectivity index (χ1v) is 8.12. The summed E-state index contributed by atoms with van der Waals surface area (Å²) in [6.45, 7) is 0. The number of hydrogen-bond acceptors (Lipinski definition) is 4. The summed E-state index contributed by atoms with van der Waals surface area (Å²) in [6, 6.07) is 5.03. The van der Waals surface area contributed by atoms with E-state index in [4.69, 9.17) is 28.3 Å². The van der Waals surface area contributed by atoms with E-state index in [-0.39, 0.29) is 11.2 Å². The van der Waals surface area contributed by atoms with Crippen LogP contribution in [0.25, 0.3) is 11.4 Å². The van der Waals surface area contributed by atoms with E-state index in [1.807, 2.05) is 0 Å². The number of nitrogens with two attached hydrogens (primary N) is 1. The summed E-state index contributed by atoms with van der Waals surface area (Å²) in [5.74, 6) is 0.326. The summed E-state index contributed by atoms with van der Waals surface area (Å²) in [6.07, 6.45) is 1.69. The van der Waals surface area contributed by atoms with Crippen LogP contribution in [0, 0.1) is 0 Å². The van der Waals surface area contributed by atoms with Crippen molar-refractivity contribution in [2.75, 3.05) is 0 Å². The smallest absolute Gasteiger partial charge is 0.273 e. The van der Waals surface area contributed by atoms with Crippen LogP contribution >= 0.6 is 23.2 Å². The van der Waals surface area contributed by atoms with Crippen molar-refractivity contribution in [3.63, 3.8) is 0 Å². The van der Waals surface area contributed by atoms with Gasteiger partial charge in [-0.1, -0.05) is 29.3 Å². The number of hydrogen-bond donors (Lipinski definition) is 1. The monoisotopic (exact) mass is 332 g/mol. The van der Waals surface area contributed by atoms with Crippen LogP contribution in [0.4, 0.5) is 0 Å². The van der Waals surface area contributed by atoms with E-state index in [9.17, 15) is 8.42 Å². The van der Waals surface area contributed by atoms with Gasteiger partial charge in [-0.15, -0.1) is 10.2 Å². The van der Waals surface area contributed by atoms with Crippen molar-refractivity contribution >= 4 is 33.2 Å². The third-order valence-corrected chi connectivity index (χ3v) is 4.43. The first-order chi connectivity index (χ1) is 9.39. The Morgan fingerprint density at radius 1 is 1.20 bits per heavy atom. The second kappa shape index (κ2) is 4.70. The number of aromatic nitrogens is 3. The molecule has 0 unspecified atom stereocenters. The van der Waals surface area contributed by atoms with Gasteiger partial charge in [0.05, 0.1) is 15.6 Å². The lowest BCUT2D eigenvalue weighted by atomic mass is 10.2. The molecule has 0 saturated heterocycles. The van der Waals surface area contributed by atoms with Crippen LogP contribution in [0.1, 0.15) is 18.9 Å². The second-order valence-electron chi connectivity index (χ2n) is 4.55. The lowest BCUT2D eigenvalue weighted by Crippen LogP contribution is -2.18. The Kier molecular flexibility index (Phi) is 3.24. The molecule has 1 fully saturated rings. The number of halogens is 2. The van der Waals surface area contributed by atoms with E-state index in [0.29, 0.717) is 21.4 Å². The molecule has 3 rings (SSSR count). The van der Waals surface area contributed by atoms with Gasteiger partial charge in [0.1, 0.15) is 0 Å². The fraction of sp³-hybridized carbons (Fsp3) is 0.273. The summed E-state index contributed by atoms with van der Waals surface area (Å²) in [5, 5.41) is 13.3. The largest absolute Gasteiger partial charge is 0.294 e. The Bertz CT molecular complexity index is 763. The van der Waals surface area contributed by atoms with Gasteiger partial charge >= 0.3 is 0 Å². The van der Waals surface area contributed by atoms with E-state index in [1.54, 1.807) is 18.2 Å². The van der Waals surface area contributed by atoms with Crippen molar-refractivity contribution in [3.8, 4) is 11.4 Å². The molecule has 1 aliphatic carbocycles. The topological polar surface area (TPSA) is 90.9 Å². The Morgan fingerprint density at radius 3 is 2.30 bits per heavy atom. The van der Waals surface area contributed by atoms with Crippen molar-refractivity contribution in [3.05, 3.63) is 28.2 Å². The Labute approximate surface area is 125 Å². The van der Waals surface area contributed by atoms with Gasteiger partial charge in [-0.25, -0.2) is 13.6 Å². The van der Waals surface area contributed by atoms with Gasteiger partial charge in [-0.05, 0) is 25.0 Å². The highest BCUT2D eigenvalue weighted by Crippen LogP contribution is 2.42. The molecular formula is C11H10Cl2N4O2S. The van der Waals surface area contributed by atoms with E-state index in [2.05, 4.69) is 10.2 Å². The predicted molar refractivity (Wildman–Crippen MR) is 75.1 cm³/mol. The summed E-state index contributed by atoms with van der Waals surface area (Å²) in [4.78, 5) is 0. The molecule has 2 N–H and O–H groups in total. The summed E-state index contributed by atoms with van der Waals surface area (Å²) >= 11 is 12.3. The molecule has 2 aromatic rings. The fourth-order valence-electron chi connectivity index (χ4n) is 2.01. The Balaban J connectivity index is 2.28. The molecule has 0 spiro atoms. The first kappa shape index (κ1) is 13.8. The first-order valence-electron chi connectivity index (χ1n) is 5.81. The minimum Gasteiger partial charge on any atom is -0.294 e. The summed E-state index contributed by atoms with van der Waals surface area (Å²) in [5.41, 5.74) is 0.463. The molecule has 0 bridgehead atoms. The predicted octanol–water partition coefficient (Wildman–Crippen LogP) is 2.23. The van der Waals surface area contributed by atoms with Gasteiger partial charge in [0.2, 0.25) is 0 Å². The van der Waals surface area contributed by atoms with Gasteiger partial charge in [0.25, 0.3) is 15.2 Å². The quantitative estimate of drug-likeness (QED) is 0.932.